The second kappa shape index (κ2) is 6.76. The fourth-order valence-corrected chi connectivity index (χ4v) is 3.42. The highest BCUT2D eigenvalue weighted by Gasteiger charge is 2.15. The molecule has 20 heavy (non-hydrogen) atoms. The normalized spacial score (nSPS) is 10.9. The topological polar surface area (TPSA) is 37.8 Å². The number of nitrogens with one attached hydrogen (secondary N) is 1. The van der Waals surface area contributed by atoms with Gasteiger partial charge in [-0.1, -0.05) is 26.0 Å². The minimum atomic E-state index is 0.376. The molecule has 5 heteroatoms. The predicted octanol–water partition coefficient (Wildman–Crippen LogP) is 4.64. The first-order valence-electron chi connectivity index (χ1n) is 6.46. The first-order chi connectivity index (χ1) is 9.56. The van der Waals surface area contributed by atoms with Crippen molar-refractivity contribution in [2.24, 2.45) is 0 Å². The van der Waals surface area contributed by atoms with Crippen molar-refractivity contribution in [3.05, 3.63) is 33.5 Å². The summed E-state index contributed by atoms with van der Waals surface area (Å²) in [4.78, 5) is 10.6. The summed E-state index contributed by atoms with van der Waals surface area (Å²) in [7, 11) is 1.90. The van der Waals surface area contributed by atoms with Crippen LogP contribution in [-0.2, 0) is 0 Å². The number of rotatable bonds is 4. The van der Waals surface area contributed by atoms with Gasteiger partial charge in [0, 0.05) is 17.5 Å². The van der Waals surface area contributed by atoms with Gasteiger partial charge in [-0.25, -0.2) is 9.97 Å². The van der Waals surface area contributed by atoms with Crippen LogP contribution in [-0.4, -0.2) is 23.3 Å². The van der Waals surface area contributed by atoms with Gasteiger partial charge in [-0.3, -0.25) is 0 Å². The van der Waals surface area contributed by atoms with Crippen molar-refractivity contribution in [1.29, 1.82) is 0 Å². The number of benzene rings is 1. The summed E-state index contributed by atoms with van der Waals surface area (Å²) in [5.74, 6) is 2.06. The first kappa shape index (κ1) is 15.6. The number of hydrogen-bond acceptors (Lipinski definition) is 4. The summed E-state index contributed by atoms with van der Waals surface area (Å²) in [6, 6.07) is 8.38. The first-order valence-corrected chi connectivity index (χ1v) is 8.76. The minimum absolute atomic E-state index is 0.376. The molecule has 1 heterocycles. The molecule has 0 amide bonds. The Morgan fingerprint density at radius 3 is 2.30 bits per heavy atom. The van der Waals surface area contributed by atoms with Gasteiger partial charge in [0.2, 0.25) is 0 Å². The van der Waals surface area contributed by atoms with Crippen LogP contribution in [0, 0.1) is 3.57 Å². The molecular formula is C15H18IN3S. The molecule has 0 aliphatic rings. The van der Waals surface area contributed by atoms with Crippen LogP contribution in [0.4, 0.5) is 5.82 Å². The fraction of sp³-hybridized carbons (Fsp3) is 0.333. The van der Waals surface area contributed by atoms with E-state index >= 15 is 0 Å². The molecule has 0 bridgehead atoms. The molecular weight excluding hydrogens is 381 g/mol. The van der Waals surface area contributed by atoms with E-state index in [0.717, 1.165) is 26.5 Å². The van der Waals surface area contributed by atoms with Crippen LogP contribution < -0.4 is 5.32 Å². The second-order valence-electron chi connectivity index (χ2n) is 4.73. The summed E-state index contributed by atoms with van der Waals surface area (Å²) in [6.07, 6.45) is 2.08. The largest absolute Gasteiger partial charge is 0.372 e. The highest BCUT2D eigenvalue weighted by molar-refractivity contribution is 14.1. The quantitative estimate of drug-likeness (QED) is 0.601. The third kappa shape index (κ3) is 3.25. The monoisotopic (exact) mass is 399 g/mol. The molecule has 0 saturated heterocycles. The van der Waals surface area contributed by atoms with Gasteiger partial charge in [-0.05, 0) is 46.9 Å². The highest BCUT2D eigenvalue weighted by atomic mass is 127. The van der Waals surface area contributed by atoms with E-state index in [1.54, 1.807) is 11.8 Å². The van der Waals surface area contributed by atoms with E-state index in [0.29, 0.717) is 5.92 Å². The average molecular weight is 399 g/mol. The van der Waals surface area contributed by atoms with Crippen molar-refractivity contribution in [3.8, 4) is 11.4 Å². The molecule has 3 nitrogen and oxygen atoms in total. The van der Waals surface area contributed by atoms with Crippen molar-refractivity contribution >= 4 is 40.2 Å². The third-order valence-electron chi connectivity index (χ3n) is 3.01. The van der Waals surface area contributed by atoms with Crippen LogP contribution in [0.5, 0.6) is 0 Å². The summed E-state index contributed by atoms with van der Waals surface area (Å²) in [6.45, 7) is 4.31. The Bertz CT molecular complexity index is 597. The SMILES string of the molecule is CNc1nc(-c2ccc(SC)cc2)nc(C(C)C)c1I. The third-order valence-corrected chi connectivity index (χ3v) is 4.82. The Morgan fingerprint density at radius 2 is 1.80 bits per heavy atom. The van der Waals surface area contributed by atoms with E-state index in [-0.39, 0.29) is 0 Å². The predicted molar refractivity (Wildman–Crippen MR) is 95.6 cm³/mol. The maximum absolute atomic E-state index is 4.74. The standard InChI is InChI=1S/C15H18IN3S/c1-9(2)13-12(16)15(17-3)19-14(18-13)10-5-7-11(20-4)8-6-10/h5-9H,1-4H3,(H,17,18,19). The van der Waals surface area contributed by atoms with Crippen molar-refractivity contribution in [2.45, 2.75) is 24.7 Å². The van der Waals surface area contributed by atoms with Crippen molar-refractivity contribution in [3.63, 3.8) is 0 Å². The zero-order valence-corrected chi connectivity index (χ0v) is 15.0. The van der Waals surface area contributed by atoms with Crippen LogP contribution in [0.3, 0.4) is 0 Å². The molecule has 0 saturated carbocycles. The van der Waals surface area contributed by atoms with E-state index in [1.165, 1.54) is 4.90 Å². The lowest BCUT2D eigenvalue weighted by Gasteiger charge is -2.13. The Balaban J connectivity index is 2.52. The summed E-state index contributed by atoms with van der Waals surface area (Å²) < 4.78 is 1.10. The molecule has 1 aromatic heterocycles. The lowest BCUT2D eigenvalue weighted by atomic mass is 10.1. The van der Waals surface area contributed by atoms with Gasteiger partial charge in [0.15, 0.2) is 5.82 Å². The number of hydrogen-bond donors (Lipinski definition) is 1. The summed E-state index contributed by atoms with van der Waals surface area (Å²) in [5, 5.41) is 3.16. The Morgan fingerprint density at radius 1 is 1.15 bits per heavy atom. The number of aromatic nitrogens is 2. The molecule has 1 aromatic carbocycles. The van der Waals surface area contributed by atoms with Gasteiger partial charge < -0.3 is 5.32 Å². The Kier molecular flexibility index (Phi) is 5.26. The number of thioether (sulfide) groups is 1. The van der Waals surface area contributed by atoms with Crippen molar-refractivity contribution in [1.82, 2.24) is 9.97 Å². The molecule has 0 unspecified atom stereocenters. The maximum Gasteiger partial charge on any atom is 0.161 e. The highest BCUT2D eigenvalue weighted by Crippen LogP contribution is 2.28. The minimum Gasteiger partial charge on any atom is -0.372 e. The maximum atomic E-state index is 4.74. The number of anilines is 1. The van der Waals surface area contributed by atoms with Gasteiger partial charge in [0.05, 0.1) is 9.26 Å². The molecule has 0 aliphatic heterocycles. The van der Waals surface area contributed by atoms with Crippen molar-refractivity contribution in [2.75, 3.05) is 18.6 Å². The molecule has 0 aliphatic carbocycles. The van der Waals surface area contributed by atoms with E-state index in [9.17, 15) is 0 Å². The number of nitrogens with zero attached hydrogens (tertiary/aromatic N) is 2. The van der Waals surface area contributed by atoms with Gasteiger partial charge in [0.1, 0.15) is 5.82 Å². The molecule has 2 rings (SSSR count). The Hall–Kier alpha value is -0.820. The zero-order valence-electron chi connectivity index (χ0n) is 12.1. The second-order valence-corrected chi connectivity index (χ2v) is 6.69. The zero-order chi connectivity index (χ0) is 14.7. The molecule has 0 atom stereocenters. The van der Waals surface area contributed by atoms with Crippen molar-refractivity contribution < 1.29 is 0 Å². The fourth-order valence-electron chi connectivity index (χ4n) is 1.88. The van der Waals surface area contributed by atoms with Gasteiger partial charge >= 0.3 is 0 Å². The van der Waals surface area contributed by atoms with E-state index in [1.807, 2.05) is 7.05 Å². The smallest absolute Gasteiger partial charge is 0.161 e. The number of halogens is 1. The van der Waals surface area contributed by atoms with E-state index in [4.69, 9.17) is 4.98 Å². The molecule has 0 spiro atoms. The summed E-state index contributed by atoms with van der Waals surface area (Å²) >= 11 is 4.05. The molecule has 0 fully saturated rings. The lowest BCUT2D eigenvalue weighted by molar-refractivity contribution is 0.809. The van der Waals surface area contributed by atoms with Crippen LogP contribution in [0.1, 0.15) is 25.5 Å². The van der Waals surface area contributed by atoms with Crippen LogP contribution in [0.25, 0.3) is 11.4 Å². The van der Waals surface area contributed by atoms with Crippen LogP contribution >= 0.6 is 34.4 Å². The van der Waals surface area contributed by atoms with E-state index < -0.39 is 0 Å². The van der Waals surface area contributed by atoms with Gasteiger partial charge in [-0.2, -0.15) is 0 Å². The Labute approximate surface area is 138 Å². The average Bonchev–Trinajstić information content (AvgIpc) is 2.47. The van der Waals surface area contributed by atoms with Crippen LogP contribution in [0.15, 0.2) is 29.2 Å². The molecule has 1 N–H and O–H groups in total. The van der Waals surface area contributed by atoms with E-state index in [2.05, 4.69) is 77.3 Å². The van der Waals surface area contributed by atoms with Gasteiger partial charge in [-0.15, -0.1) is 11.8 Å². The molecule has 106 valence electrons. The molecule has 2 aromatic rings. The lowest BCUT2D eigenvalue weighted by Crippen LogP contribution is -2.06. The van der Waals surface area contributed by atoms with Gasteiger partial charge in [0.25, 0.3) is 0 Å². The molecule has 0 radical (unpaired) electrons. The van der Waals surface area contributed by atoms with Crippen LogP contribution in [0.2, 0.25) is 0 Å². The summed E-state index contributed by atoms with van der Waals surface area (Å²) in [5.41, 5.74) is 2.14.